The molecule has 0 aliphatic carbocycles. The molecule has 0 aliphatic heterocycles. The van der Waals surface area contributed by atoms with E-state index in [1.807, 2.05) is 0 Å². The van der Waals surface area contributed by atoms with Gasteiger partial charge < -0.3 is 4.74 Å². The number of H-pyrrole nitrogens is 1. The average molecular weight is 264 g/mol. The largest absolute Gasteiger partial charge is 0.463 e. The number of ether oxygens (including phenoxy) is 1. The maximum atomic E-state index is 13.7. The van der Waals surface area contributed by atoms with E-state index in [9.17, 15) is 9.18 Å². The van der Waals surface area contributed by atoms with E-state index in [0.717, 1.165) is 0 Å². The molecule has 1 amide bonds. The third-order valence-electron chi connectivity index (χ3n) is 2.41. The van der Waals surface area contributed by atoms with Crippen molar-refractivity contribution in [3.63, 3.8) is 0 Å². The van der Waals surface area contributed by atoms with Gasteiger partial charge in [0.1, 0.15) is 5.82 Å². The number of hydrogen-bond donors (Lipinski definition) is 2. The Morgan fingerprint density at radius 1 is 1.53 bits per heavy atom. The summed E-state index contributed by atoms with van der Waals surface area (Å²) in [4.78, 5) is 15.7. The first-order chi connectivity index (χ1) is 9.11. The van der Waals surface area contributed by atoms with Crippen molar-refractivity contribution >= 4 is 11.9 Å². The van der Waals surface area contributed by atoms with Crippen LogP contribution in [-0.4, -0.2) is 27.7 Å². The van der Waals surface area contributed by atoms with Gasteiger partial charge in [0.25, 0.3) is 5.91 Å². The van der Waals surface area contributed by atoms with Gasteiger partial charge in [-0.2, -0.15) is 4.98 Å². The van der Waals surface area contributed by atoms with Crippen LogP contribution in [0.1, 0.15) is 22.8 Å². The zero-order chi connectivity index (χ0) is 13.8. The highest BCUT2D eigenvalue weighted by Gasteiger charge is 2.15. The molecule has 7 heteroatoms. The number of aromatic amines is 1. The zero-order valence-electron chi connectivity index (χ0n) is 10.5. The monoisotopic (exact) mass is 264 g/mol. The second-order valence-corrected chi connectivity index (χ2v) is 3.79. The summed E-state index contributed by atoms with van der Waals surface area (Å²) >= 11 is 0. The van der Waals surface area contributed by atoms with E-state index in [0.29, 0.717) is 12.2 Å². The van der Waals surface area contributed by atoms with Crippen molar-refractivity contribution in [2.75, 3.05) is 11.9 Å². The van der Waals surface area contributed by atoms with Crippen LogP contribution in [0.4, 0.5) is 10.3 Å². The number of rotatable bonds is 4. The van der Waals surface area contributed by atoms with Gasteiger partial charge in [-0.1, -0.05) is 12.1 Å². The van der Waals surface area contributed by atoms with Crippen LogP contribution >= 0.6 is 0 Å². The third-order valence-corrected chi connectivity index (χ3v) is 2.41. The number of anilines is 1. The molecular weight excluding hydrogens is 251 g/mol. The molecule has 6 nitrogen and oxygen atoms in total. The number of hydrogen-bond acceptors (Lipinski definition) is 4. The van der Waals surface area contributed by atoms with E-state index in [1.165, 1.54) is 6.07 Å². The van der Waals surface area contributed by atoms with Gasteiger partial charge in [-0.25, -0.2) is 9.49 Å². The summed E-state index contributed by atoms with van der Waals surface area (Å²) in [6.45, 7) is 3.79. The average Bonchev–Trinajstić information content (AvgIpc) is 2.80. The van der Waals surface area contributed by atoms with Gasteiger partial charge in [0, 0.05) is 0 Å². The number of benzene rings is 1. The third kappa shape index (κ3) is 2.87. The Bertz CT molecular complexity index is 597. The van der Waals surface area contributed by atoms with Gasteiger partial charge in [-0.05, 0) is 25.5 Å². The van der Waals surface area contributed by atoms with Crippen LogP contribution in [0.5, 0.6) is 6.01 Å². The van der Waals surface area contributed by atoms with Crippen molar-refractivity contribution in [3.05, 3.63) is 35.1 Å². The van der Waals surface area contributed by atoms with Crippen molar-refractivity contribution < 1.29 is 13.9 Å². The van der Waals surface area contributed by atoms with Crippen molar-refractivity contribution in [1.29, 1.82) is 0 Å². The molecule has 100 valence electrons. The number of amides is 1. The zero-order valence-corrected chi connectivity index (χ0v) is 10.5. The van der Waals surface area contributed by atoms with Crippen molar-refractivity contribution in [2.24, 2.45) is 0 Å². The first-order valence-electron chi connectivity index (χ1n) is 5.73. The van der Waals surface area contributed by atoms with Crippen molar-refractivity contribution in [3.8, 4) is 6.01 Å². The Hall–Kier alpha value is -2.44. The van der Waals surface area contributed by atoms with E-state index in [1.54, 1.807) is 26.0 Å². The van der Waals surface area contributed by atoms with Gasteiger partial charge in [-0.3, -0.25) is 10.1 Å². The first kappa shape index (κ1) is 13.0. The minimum Gasteiger partial charge on any atom is -0.463 e. The minimum atomic E-state index is -0.597. The lowest BCUT2D eigenvalue weighted by Crippen LogP contribution is -2.15. The Morgan fingerprint density at radius 3 is 3.05 bits per heavy atom. The number of aryl methyl sites for hydroxylation is 1. The number of carbonyl (C=O) groups is 1. The van der Waals surface area contributed by atoms with Gasteiger partial charge in [0.2, 0.25) is 5.95 Å². The summed E-state index contributed by atoms with van der Waals surface area (Å²) in [6, 6.07) is 4.73. The molecule has 0 radical (unpaired) electrons. The summed E-state index contributed by atoms with van der Waals surface area (Å²) in [6.07, 6.45) is 0. The van der Waals surface area contributed by atoms with Crippen LogP contribution in [0.15, 0.2) is 18.2 Å². The Balaban J connectivity index is 2.14. The summed E-state index contributed by atoms with van der Waals surface area (Å²) < 4.78 is 18.8. The van der Waals surface area contributed by atoms with Crippen LogP contribution in [0.3, 0.4) is 0 Å². The molecule has 0 saturated heterocycles. The number of nitrogens with one attached hydrogen (secondary N) is 2. The SMILES string of the molecule is CCOc1n[nH]c(NC(=O)c2cccc(C)c2F)n1. The quantitative estimate of drug-likeness (QED) is 0.883. The molecule has 0 fully saturated rings. The highest BCUT2D eigenvalue weighted by atomic mass is 19.1. The van der Waals surface area contributed by atoms with Gasteiger partial charge >= 0.3 is 6.01 Å². The van der Waals surface area contributed by atoms with E-state index in [-0.39, 0.29) is 17.5 Å². The molecule has 0 unspecified atom stereocenters. The molecule has 2 N–H and O–H groups in total. The number of halogens is 1. The maximum absolute atomic E-state index is 13.7. The molecule has 2 rings (SSSR count). The molecular formula is C12H13FN4O2. The fourth-order valence-corrected chi connectivity index (χ4v) is 1.49. The Labute approximate surface area is 109 Å². The highest BCUT2D eigenvalue weighted by Crippen LogP contribution is 2.14. The lowest BCUT2D eigenvalue weighted by molar-refractivity contribution is 0.102. The molecule has 0 saturated carbocycles. The summed E-state index contributed by atoms with van der Waals surface area (Å²) in [5.41, 5.74) is 0.356. The number of carbonyl (C=O) groups excluding carboxylic acids is 1. The predicted octanol–water partition coefficient (Wildman–Crippen LogP) is 1.90. The van der Waals surface area contributed by atoms with Crippen LogP contribution in [0, 0.1) is 12.7 Å². The normalized spacial score (nSPS) is 10.3. The molecule has 0 bridgehead atoms. The second kappa shape index (κ2) is 5.47. The van der Waals surface area contributed by atoms with Crippen LogP contribution in [0.25, 0.3) is 0 Å². The second-order valence-electron chi connectivity index (χ2n) is 3.79. The topological polar surface area (TPSA) is 79.9 Å². The summed E-state index contributed by atoms with van der Waals surface area (Å²) in [5, 5.41) is 8.63. The van der Waals surface area contributed by atoms with Crippen molar-refractivity contribution in [1.82, 2.24) is 15.2 Å². The molecule has 0 aliphatic rings. The first-order valence-corrected chi connectivity index (χ1v) is 5.73. The van der Waals surface area contributed by atoms with Gasteiger partial charge in [-0.15, -0.1) is 5.10 Å². The molecule has 19 heavy (non-hydrogen) atoms. The predicted molar refractivity (Wildman–Crippen MR) is 66.6 cm³/mol. The van der Waals surface area contributed by atoms with E-state index >= 15 is 0 Å². The minimum absolute atomic E-state index is 0.0469. The van der Waals surface area contributed by atoms with Gasteiger partial charge in [0.15, 0.2) is 0 Å². The Kier molecular flexibility index (Phi) is 3.74. The van der Waals surface area contributed by atoms with E-state index in [2.05, 4.69) is 20.5 Å². The summed E-state index contributed by atoms with van der Waals surface area (Å²) in [7, 11) is 0. The van der Waals surface area contributed by atoms with E-state index in [4.69, 9.17) is 4.74 Å². The number of nitrogens with zero attached hydrogens (tertiary/aromatic N) is 2. The fourth-order valence-electron chi connectivity index (χ4n) is 1.49. The number of aromatic nitrogens is 3. The molecule has 0 spiro atoms. The van der Waals surface area contributed by atoms with Crippen LogP contribution in [0.2, 0.25) is 0 Å². The summed E-state index contributed by atoms with van der Waals surface area (Å²) in [5.74, 6) is -1.04. The standard InChI is InChI=1S/C12H13FN4O2/c1-3-19-12-15-11(16-17-12)14-10(18)8-6-4-5-7(2)9(8)13/h4-6H,3H2,1-2H3,(H2,14,15,16,17,18). The van der Waals surface area contributed by atoms with Crippen LogP contribution in [-0.2, 0) is 0 Å². The lowest BCUT2D eigenvalue weighted by Gasteiger charge is -2.04. The molecule has 0 atom stereocenters. The van der Waals surface area contributed by atoms with Crippen molar-refractivity contribution in [2.45, 2.75) is 13.8 Å². The lowest BCUT2D eigenvalue weighted by atomic mass is 10.1. The molecule has 1 heterocycles. The molecule has 1 aromatic carbocycles. The Morgan fingerprint density at radius 2 is 2.32 bits per heavy atom. The van der Waals surface area contributed by atoms with Gasteiger partial charge in [0.05, 0.1) is 12.2 Å². The maximum Gasteiger partial charge on any atom is 0.337 e. The van der Waals surface area contributed by atoms with Crippen LogP contribution < -0.4 is 10.1 Å². The molecule has 2 aromatic rings. The molecule has 1 aromatic heterocycles. The fraction of sp³-hybridized carbons (Fsp3) is 0.250. The highest BCUT2D eigenvalue weighted by molar-refractivity contribution is 6.03. The smallest absolute Gasteiger partial charge is 0.337 e. The van der Waals surface area contributed by atoms with E-state index < -0.39 is 11.7 Å².